The van der Waals surface area contributed by atoms with Crippen molar-refractivity contribution in [1.29, 1.82) is 0 Å². The highest BCUT2D eigenvalue weighted by atomic mass is 35.5. The van der Waals surface area contributed by atoms with Gasteiger partial charge < -0.3 is 11.5 Å². The lowest BCUT2D eigenvalue weighted by molar-refractivity contribution is 0.983. The molecule has 0 saturated heterocycles. The number of halogens is 2. The fourth-order valence-electron chi connectivity index (χ4n) is 1.42. The van der Waals surface area contributed by atoms with E-state index in [-0.39, 0.29) is 0 Å². The zero-order chi connectivity index (χ0) is 14.0. The van der Waals surface area contributed by atoms with Crippen molar-refractivity contribution in [2.75, 3.05) is 11.5 Å². The van der Waals surface area contributed by atoms with Gasteiger partial charge in [-0.1, -0.05) is 35.0 Å². The first kappa shape index (κ1) is 14.2. The molecular formula is C11H11Cl2N5S. The molecule has 0 radical (unpaired) electrons. The summed E-state index contributed by atoms with van der Waals surface area (Å²) in [6.45, 7) is 1.83. The number of thioether (sulfide) groups is 1. The molecule has 5 nitrogen and oxygen atoms in total. The van der Waals surface area contributed by atoms with Gasteiger partial charge in [-0.25, -0.2) is 15.0 Å². The second-order valence-corrected chi connectivity index (χ2v) is 5.51. The molecule has 19 heavy (non-hydrogen) atoms. The molecule has 0 aliphatic rings. The van der Waals surface area contributed by atoms with Crippen LogP contribution in [0.25, 0.3) is 0 Å². The smallest absolute Gasteiger partial charge is 0.191 e. The van der Waals surface area contributed by atoms with Crippen LogP contribution in [0.2, 0.25) is 10.2 Å². The molecule has 0 aromatic carbocycles. The summed E-state index contributed by atoms with van der Waals surface area (Å²) in [5.41, 5.74) is 12.7. The Balaban J connectivity index is 2.19. The number of rotatable bonds is 3. The van der Waals surface area contributed by atoms with Gasteiger partial charge in [0.2, 0.25) is 0 Å². The maximum absolute atomic E-state index is 6.14. The van der Waals surface area contributed by atoms with Crippen molar-refractivity contribution in [3.8, 4) is 0 Å². The van der Waals surface area contributed by atoms with Gasteiger partial charge in [0, 0.05) is 28.1 Å². The van der Waals surface area contributed by atoms with Crippen molar-refractivity contribution >= 4 is 46.6 Å². The minimum absolute atomic E-state index is 0.328. The van der Waals surface area contributed by atoms with Crippen LogP contribution in [0.15, 0.2) is 17.3 Å². The maximum atomic E-state index is 6.14. The molecular weight excluding hydrogens is 305 g/mol. The largest absolute Gasteiger partial charge is 0.383 e. The molecule has 0 atom stereocenters. The third-order valence-electron chi connectivity index (χ3n) is 2.24. The lowest BCUT2D eigenvalue weighted by Crippen LogP contribution is -1.99. The molecule has 0 amide bonds. The number of nitrogen functional groups attached to an aromatic ring is 2. The van der Waals surface area contributed by atoms with Crippen LogP contribution >= 0.6 is 35.0 Å². The molecule has 4 N–H and O–H groups in total. The zero-order valence-electron chi connectivity index (χ0n) is 10.0. The topological polar surface area (TPSA) is 90.7 Å². The Bertz CT molecular complexity index is 577. The summed E-state index contributed by atoms with van der Waals surface area (Å²) in [4.78, 5) is 12.3. The average molecular weight is 316 g/mol. The Morgan fingerprint density at radius 3 is 2.32 bits per heavy atom. The summed E-state index contributed by atoms with van der Waals surface area (Å²) >= 11 is 13.5. The van der Waals surface area contributed by atoms with Crippen LogP contribution in [-0.4, -0.2) is 15.0 Å². The van der Waals surface area contributed by atoms with E-state index in [4.69, 9.17) is 34.7 Å². The molecule has 100 valence electrons. The summed E-state index contributed by atoms with van der Waals surface area (Å²) < 4.78 is 0. The molecule has 2 aromatic rings. The highest BCUT2D eigenvalue weighted by Crippen LogP contribution is 2.30. The van der Waals surface area contributed by atoms with Crippen molar-refractivity contribution in [1.82, 2.24) is 15.0 Å². The molecule has 0 spiro atoms. The number of hydrogen-bond acceptors (Lipinski definition) is 6. The standard InChI is InChI=1S/C11H11Cl2N5S/c1-5-2-7(12)6(10(13)16-5)4-19-11-17-8(14)3-9(15)18-11/h2-3H,4H2,1H3,(H4,14,15,17,18). The lowest BCUT2D eigenvalue weighted by Gasteiger charge is -2.07. The van der Waals surface area contributed by atoms with Gasteiger partial charge in [-0.05, 0) is 13.0 Å². The third kappa shape index (κ3) is 3.62. The minimum atomic E-state index is 0.328. The van der Waals surface area contributed by atoms with Crippen molar-refractivity contribution in [2.24, 2.45) is 0 Å². The number of nitrogens with zero attached hydrogens (tertiary/aromatic N) is 3. The van der Waals surface area contributed by atoms with E-state index in [1.54, 1.807) is 6.07 Å². The number of anilines is 2. The summed E-state index contributed by atoms with van der Waals surface area (Å²) in [6.07, 6.45) is 0. The summed E-state index contributed by atoms with van der Waals surface area (Å²) in [5.74, 6) is 1.15. The Labute approximate surface area is 124 Å². The number of aromatic nitrogens is 3. The minimum Gasteiger partial charge on any atom is -0.383 e. The van der Waals surface area contributed by atoms with E-state index in [0.29, 0.717) is 32.7 Å². The summed E-state index contributed by atoms with van der Waals surface area (Å²) in [5, 5.41) is 1.43. The molecule has 0 aliphatic heterocycles. The molecule has 0 aliphatic carbocycles. The van der Waals surface area contributed by atoms with E-state index < -0.39 is 0 Å². The fraction of sp³-hybridized carbons (Fsp3) is 0.182. The Morgan fingerprint density at radius 2 is 1.74 bits per heavy atom. The SMILES string of the molecule is Cc1cc(Cl)c(CSc2nc(N)cc(N)n2)c(Cl)n1. The van der Waals surface area contributed by atoms with Crippen molar-refractivity contribution in [3.05, 3.63) is 33.6 Å². The first-order chi connectivity index (χ1) is 8.95. The fourth-order valence-corrected chi connectivity index (χ4v) is 3.14. The number of aryl methyl sites for hydroxylation is 1. The van der Waals surface area contributed by atoms with E-state index in [0.717, 1.165) is 11.3 Å². The zero-order valence-corrected chi connectivity index (χ0v) is 12.4. The maximum Gasteiger partial charge on any atom is 0.191 e. The van der Waals surface area contributed by atoms with Gasteiger partial charge >= 0.3 is 0 Å². The van der Waals surface area contributed by atoms with Crippen molar-refractivity contribution < 1.29 is 0 Å². The van der Waals surface area contributed by atoms with E-state index in [1.807, 2.05) is 6.92 Å². The van der Waals surface area contributed by atoms with Gasteiger partial charge in [-0.2, -0.15) is 0 Å². The Kier molecular flexibility index (Phi) is 4.34. The molecule has 2 aromatic heterocycles. The second kappa shape index (κ2) is 5.81. The Morgan fingerprint density at radius 1 is 1.11 bits per heavy atom. The van der Waals surface area contributed by atoms with Gasteiger partial charge in [0.15, 0.2) is 5.16 Å². The van der Waals surface area contributed by atoms with Gasteiger partial charge in [-0.15, -0.1) is 0 Å². The molecule has 0 fully saturated rings. The monoisotopic (exact) mass is 315 g/mol. The van der Waals surface area contributed by atoms with E-state index in [9.17, 15) is 0 Å². The van der Waals surface area contributed by atoms with E-state index in [1.165, 1.54) is 17.8 Å². The van der Waals surface area contributed by atoms with Crippen molar-refractivity contribution in [2.45, 2.75) is 17.8 Å². The third-order valence-corrected chi connectivity index (χ3v) is 3.76. The first-order valence-corrected chi connectivity index (χ1v) is 7.04. The highest BCUT2D eigenvalue weighted by Gasteiger charge is 2.10. The predicted molar refractivity (Wildman–Crippen MR) is 79.4 cm³/mol. The van der Waals surface area contributed by atoms with Gasteiger partial charge in [-0.3, -0.25) is 0 Å². The van der Waals surface area contributed by atoms with Gasteiger partial charge in [0.1, 0.15) is 16.8 Å². The van der Waals surface area contributed by atoms with Gasteiger partial charge in [0.25, 0.3) is 0 Å². The first-order valence-electron chi connectivity index (χ1n) is 5.30. The van der Waals surface area contributed by atoms with Crippen LogP contribution in [-0.2, 0) is 5.75 Å². The lowest BCUT2D eigenvalue weighted by atomic mass is 10.3. The highest BCUT2D eigenvalue weighted by molar-refractivity contribution is 7.98. The molecule has 0 bridgehead atoms. The average Bonchev–Trinajstić information content (AvgIpc) is 2.25. The second-order valence-electron chi connectivity index (χ2n) is 3.80. The predicted octanol–water partition coefficient (Wildman–Crippen LogP) is 2.94. The van der Waals surface area contributed by atoms with E-state index >= 15 is 0 Å². The summed E-state index contributed by atoms with van der Waals surface area (Å²) in [6, 6.07) is 3.26. The summed E-state index contributed by atoms with van der Waals surface area (Å²) in [7, 11) is 0. The van der Waals surface area contributed by atoms with Gasteiger partial charge in [0.05, 0.1) is 0 Å². The van der Waals surface area contributed by atoms with Crippen LogP contribution in [0.1, 0.15) is 11.3 Å². The van der Waals surface area contributed by atoms with Crippen LogP contribution in [0.3, 0.4) is 0 Å². The van der Waals surface area contributed by atoms with E-state index in [2.05, 4.69) is 15.0 Å². The van der Waals surface area contributed by atoms with Crippen LogP contribution in [0, 0.1) is 6.92 Å². The molecule has 2 heterocycles. The van der Waals surface area contributed by atoms with Crippen molar-refractivity contribution in [3.63, 3.8) is 0 Å². The molecule has 8 heteroatoms. The van der Waals surface area contributed by atoms with Crippen LogP contribution in [0.5, 0.6) is 0 Å². The van der Waals surface area contributed by atoms with Crippen LogP contribution in [0.4, 0.5) is 11.6 Å². The number of hydrogen-bond donors (Lipinski definition) is 2. The molecule has 2 rings (SSSR count). The normalized spacial score (nSPS) is 10.7. The number of pyridine rings is 1. The molecule has 0 saturated carbocycles. The Hall–Kier alpha value is -1.24. The number of nitrogens with two attached hydrogens (primary N) is 2. The van der Waals surface area contributed by atoms with Crippen LogP contribution < -0.4 is 11.5 Å². The molecule has 0 unspecified atom stereocenters. The quantitative estimate of drug-likeness (QED) is 0.514.